The zero-order valence-corrected chi connectivity index (χ0v) is 13.8. The topological polar surface area (TPSA) is 0 Å². The van der Waals surface area contributed by atoms with Crippen molar-refractivity contribution < 1.29 is 0 Å². The van der Waals surface area contributed by atoms with Crippen LogP contribution in [-0.2, 0) is 0 Å². The van der Waals surface area contributed by atoms with Crippen LogP contribution >= 0.6 is 17.2 Å². The molecular weight excluding hydrogens is 266 g/mol. The second-order valence-corrected chi connectivity index (χ2v) is 8.24. The Labute approximate surface area is 120 Å². The molecule has 19 heavy (non-hydrogen) atoms. The Morgan fingerprint density at radius 2 is 1.26 bits per heavy atom. The van der Waals surface area contributed by atoms with Gasteiger partial charge in [0.05, 0.1) is 0 Å². The van der Waals surface area contributed by atoms with Gasteiger partial charge in [-0.3, -0.25) is 0 Å². The maximum atomic E-state index is 2.90. The molecule has 0 aliphatic carbocycles. The third kappa shape index (κ3) is 4.13. The lowest BCUT2D eigenvalue weighted by Crippen LogP contribution is -2.24. The monoisotopic (exact) mass is 288 g/mol. The molecule has 2 aromatic carbocycles. The fourth-order valence-corrected chi connectivity index (χ4v) is 5.14. The molecule has 1 atom stereocenters. The van der Waals surface area contributed by atoms with Crippen molar-refractivity contribution in [2.45, 2.75) is 13.8 Å². The van der Waals surface area contributed by atoms with Gasteiger partial charge in [-0.15, -0.1) is 9.24 Å². The summed E-state index contributed by atoms with van der Waals surface area (Å²) < 4.78 is 0. The third-order valence-corrected chi connectivity index (χ3v) is 7.39. The Morgan fingerprint density at radius 1 is 0.842 bits per heavy atom. The Bertz CT molecular complexity index is 452. The normalized spacial score (nSPS) is 11.8. The van der Waals surface area contributed by atoms with E-state index in [-0.39, 0.29) is 7.92 Å². The minimum atomic E-state index is -0.258. The summed E-state index contributed by atoms with van der Waals surface area (Å²) in [6, 6.07) is 21.9. The predicted molar refractivity (Wildman–Crippen MR) is 92.3 cm³/mol. The van der Waals surface area contributed by atoms with Crippen molar-refractivity contribution in [2.75, 3.05) is 12.3 Å². The van der Waals surface area contributed by atoms with Gasteiger partial charge in [0, 0.05) is 0 Å². The highest BCUT2D eigenvalue weighted by atomic mass is 31.1. The van der Waals surface area contributed by atoms with E-state index < -0.39 is 0 Å². The van der Waals surface area contributed by atoms with E-state index in [9.17, 15) is 0 Å². The van der Waals surface area contributed by atoms with Gasteiger partial charge in [0.15, 0.2) is 0 Å². The molecule has 0 fully saturated rings. The predicted octanol–water partition coefficient (Wildman–Crippen LogP) is 4.02. The lowest BCUT2D eigenvalue weighted by Gasteiger charge is -2.29. The summed E-state index contributed by atoms with van der Waals surface area (Å²) in [7, 11) is 2.64. The van der Waals surface area contributed by atoms with E-state index in [1.807, 2.05) is 0 Å². The summed E-state index contributed by atoms with van der Waals surface area (Å²) in [5.74, 6) is 0. The first-order valence-corrected chi connectivity index (χ1v) is 9.04. The van der Waals surface area contributed by atoms with Crippen LogP contribution in [0.5, 0.6) is 0 Å². The van der Waals surface area contributed by atoms with Crippen molar-refractivity contribution in [2.24, 2.45) is 5.41 Å². The van der Waals surface area contributed by atoms with Gasteiger partial charge in [-0.1, -0.05) is 74.5 Å². The fraction of sp³-hybridized carbons (Fsp3) is 0.294. The molecule has 0 aromatic heterocycles. The molecule has 0 heterocycles. The summed E-state index contributed by atoms with van der Waals surface area (Å²) in [4.78, 5) is 0. The van der Waals surface area contributed by atoms with Crippen LogP contribution in [0.15, 0.2) is 60.7 Å². The van der Waals surface area contributed by atoms with E-state index in [0.29, 0.717) is 5.41 Å². The second-order valence-electron chi connectivity index (χ2n) is 5.63. The number of benzene rings is 2. The minimum Gasteiger partial charge on any atom is -0.137 e. The van der Waals surface area contributed by atoms with Crippen LogP contribution in [0.3, 0.4) is 0 Å². The summed E-state index contributed by atoms with van der Waals surface area (Å²) in [6.07, 6.45) is 2.38. The molecule has 0 spiro atoms. The Hall–Kier alpha value is -0.700. The summed E-state index contributed by atoms with van der Waals surface area (Å²) in [5, 5.41) is 2.96. The molecule has 0 N–H and O–H groups in total. The first-order chi connectivity index (χ1) is 9.12. The van der Waals surface area contributed by atoms with Crippen molar-refractivity contribution in [3.8, 4) is 0 Å². The maximum absolute atomic E-state index is 2.90. The fourth-order valence-electron chi connectivity index (χ4n) is 2.04. The first kappa shape index (κ1) is 14.7. The standard InChI is InChI=1S/C17H22P2/c1-17(2,13-18)14-19(15-9-5-3-6-10-15)16-11-7-4-8-12-16/h3-12H,13-14,18H2,1-2H3. The van der Waals surface area contributed by atoms with E-state index in [1.54, 1.807) is 0 Å². The molecule has 0 aliphatic heterocycles. The van der Waals surface area contributed by atoms with Gasteiger partial charge in [-0.25, -0.2) is 0 Å². The lowest BCUT2D eigenvalue weighted by molar-refractivity contribution is 0.490. The summed E-state index contributed by atoms with van der Waals surface area (Å²) in [5.41, 5.74) is 0.363. The Balaban J connectivity index is 2.35. The zero-order chi connectivity index (χ0) is 13.7. The van der Waals surface area contributed by atoms with Crippen molar-refractivity contribution in [1.29, 1.82) is 0 Å². The van der Waals surface area contributed by atoms with Crippen LogP contribution in [0, 0.1) is 5.41 Å². The largest absolute Gasteiger partial charge is 0.137 e. The van der Waals surface area contributed by atoms with Crippen molar-refractivity contribution in [3.05, 3.63) is 60.7 Å². The summed E-state index contributed by atoms with van der Waals surface area (Å²) in [6.45, 7) is 4.72. The van der Waals surface area contributed by atoms with Gasteiger partial charge < -0.3 is 0 Å². The van der Waals surface area contributed by atoms with Crippen LogP contribution in [0.4, 0.5) is 0 Å². The maximum Gasteiger partial charge on any atom is -0.0190 e. The van der Waals surface area contributed by atoms with Crippen LogP contribution in [0.1, 0.15) is 13.8 Å². The molecule has 0 nitrogen and oxygen atoms in total. The molecule has 1 unspecified atom stereocenters. The van der Waals surface area contributed by atoms with Crippen molar-refractivity contribution in [3.63, 3.8) is 0 Å². The zero-order valence-electron chi connectivity index (χ0n) is 11.7. The molecule has 100 valence electrons. The third-order valence-electron chi connectivity index (χ3n) is 3.27. The Kier molecular flexibility index (Phi) is 5.14. The van der Waals surface area contributed by atoms with E-state index in [4.69, 9.17) is 0 Å². The highest BCUT2D eigenvalue weighted by molar-refractivity contribution is 7.73. The van der Waals surface area contributed by atoms with Gasteiger partial charge in [0.2, 0.25) is 0 Å². The minimum absolute atomic E-state index is 0.258. The average molecular weight is 288 g/mol. The highest BCUT2D eigenvalue weighted by Gasteiger charge is 2.23. The lowest BCUT2D eigenvalue weighted by atomic mass is 10.00. The molecule has 2 heteroatoms. The Morgan fingerprint density at radius 3 is 1.63 bits per heavy atom. The first-order valence-electron chi connectivity index (χ1n) is 6.70. The molecule has 0 saturated carbocycles. The number of hydrogen-bond acceptors (Lipinski definition) is 0. The summed E-state index contributed by atoms with van der Waals surface area (Å²) >= 11 is 0. The SMILES string of the molecule is CC(C)(CP)CP(c1ccccc1)c1ccccc1. The van der Waals surface area contributed by atoms with Gasteiger partial charge in [0.25, 0.3) is 0 Å². The van der Waals surface area contributed by atoms with E-state index in [1.165, 1.54) is 16.8 Å². The van der Waals surface area contributed by atoms with E-state index >= 15 is 0 Å². The quantitative estimate of drug-likeness (QED) is 0.729. The van der Waals surface area contributed by atoms with Gasteiger partial charge in [-0.05, 0) is 36.3 Å². The van der Waals surface area contributed by atoms with E-state index in [0.717, 1.165) is 6.16 Å². The number of hydrogen-bond donors (Lipinski definition) is 0. The van der Waals surface area contributed by atoms with Gasteiger partial charge in [0.1, 0.15) is 0 Å². The molecule has 0 saturated heterocycles. The van der Waals surface area contributed by atoms with Crippen molar-refractivity contribution in [1.82, 2.24) is 0 Å². The molecular formula is C17H22P2. The number of rotatable bonds is 5. The van der Waals surface area contributed by atoms with Gasteiger partial charge >= 0.3 is 0 Å². The molecule has 0 aliphatic rings. The smallest absolute Gasteiger partial charge is 0.0190 e. The van der Waals surface area contributed by atoms with Crippen molar-refractivity contribution >= 4 is 27.8 Å². The van der Waals surface area contributed by atoms with E-state index in [2.05, 4.69) is 83.8 Å². The van der Waals surface area contributed by atoms with Crippen LogP contribution < -0.4 is 10.6 Å². The van der Waals surface area contributed by atoms with Crippen LogP contribution in [-0.4, -0.2) is 12.3 Å². The molecule has 0 bridgehead atoms. The highest BCUT2D eigenvalue weighted by Crippen LogP contribution is 2.40. The molecule has 2 rings (SSSR count). The van der Waals surface area contributed by atoms with Gasteiger partial charge in [-0.2, -0.15) is 0 Å². The average Bonchev–Trinajstić information content (AvgIpc) is 2.47. The van der Waals surface area contributed by atoms with Crippen LogP contribution in [0.25, 0.3) is 0 Å². The molecule has 0 amide bonds. The molecule has 0 radical (unpaired) electrons. The molecule has 2 aromatic rings. The second kappa shape index (κ2) is 6.65. The van der Waals surface area contributed by atoms with Crippen LogP contribution in [0.2, 0.25) is 0 Å².